The topological polar surface area (TPSA) is 121 Å². The van der Waals surface area contributed by atoms with Gasteiger partial charge in [0.2, 0.25) is 5.91 Å². The summed E-state index contributed by atoms with van der Waals surface area (Å²) in [4.78, 5) is 55.2. The molecule has 2 bridgehead atoms. The molecule has 3 heterocycles. The van der Waals surface area contributed by atoms with Crippen LogP contribution < -0.4 is 16.2 Å². The number of hydrogen-bond donors (Lipinski definition) is 3. The molecule has 2 saturated heterocycles. The van der Waals surface area contributed by atoms with E-state index < -0.39 is 47.7 Å². The second-order valence-electron chi connectivity index (χ2n) is 14.7. The number of carboxylic acid groups (broad SMARTS) is 1. The number of aryl methyl sites for hydroxylation is 4. The lowest BCUT2D eigenvalue weighted by molar-refractivity contribution is -0.137. The van der Waals surface area contributed by atoms with Crippen molar-refractivity contribution in [2.24, 2.45) is 17.8 Å². The van der Waals surface area contributed by atoms with Crippen LogP contribution in [0, 0.1) is 44.3 Å². The summed E-state index contributed by atoms with van der Waals surface area (Å²) >= 11 is 6.25. The van der Waals surface area contributed by atoms with Gasteiger partial charge in [0.15, 0.2) is 0 Å². The van der Waals surface area contributed by atoms with Crippen molar-refractivity contribution in [2.75, 3.05) is 19.6 Å². The highest BCUT2D eigenvalue weighted by Gasteiger charge is 2.36. The van der Waals surface area contributed by atoms with Crippen LogP contribution in [0.15, 0.2) is 47.4 Å². The first-order chi connectivity index (χ1) is 23.7. The van der Waals surface area contributed by atoms with Crippen LogP contribution in [0.3, 0.4) is 0 Å². The molecule has 0 unspecified atom stereocenters. The molecule has 6 rings (SSSR count). The molecule has 2 aromatic carbocycles. The molecule has 3 aromatic rings. The van der Waals surface area contributed by atoms with E-state index in [9.17, 15) is 24.3 Å². The number of benzene rings is 2. The van der Waals surface area contributed by atoms with Crippen molar-refractivity contribution in [3.05, 3.63) is 91.6 Å². The van der Waals surface area contributed by atoms with E-state index in [1.807, 2.05) is 27.7 Å². The van der Waals surface area contributed by atoms with Crippen LogP contribution in [0.4, 0.5) is 4.39 Å². The molecule has 3 fully saturated rings. The van der Waals surface area contributed by atoms with Gasteiger partial charge in [-0.1, -0.05) is 25.4 Å². The van der Waals surface area contributed by atoms with E-state index in [0.717, 1.165) is 54.6 Å². The number of halogens is 2. The Kier molecular flexibility index (Phi) is 11.8. The monoisotopic (exact) mass is 706 g/mol. The number of fused-ring (bicyclic) bond motifs is 2. The van der Waals surface area contributed by atoms with Gasteiger partial charge in [0.25, 0.3) is 11.5 Å². The second kappa shape index (κ2) is 15.9. The molecule has 2 aliphatic heterocycles. The summed E-state index contributed by atoms with van der Waals surface area (Å²) in [7, 11) is 0. The summed E-state index contributed by atoms with van der Waals surface area (Å²) in [5, 5.41) is 15.8. The van der Waals surface area contributed by atoms with Gasteiger partial charge in [-0.25, -0.2) is 4.39 Å². The molecule has 0 radical (unpaired) electrons. The van der Waals surface area contributed by atoms with Gasteiger partial charge < -0.3 is 25.2 Å². The molecule has 2 amide bonds. The Hall–Kier alpha value is -4.02. The molecule has 11 heteroatoms. The van der Waals surface area contributed by atoms with Crippen LogP contribution in [0.1, 0.15) is 84.6 Å². The fourth-order valence-electron chi connectivity index (χ4n) is 7.70. The number of hydrogen-bond acceptors (Lipinski definition) is 5. The quantitative estimate of drug-likeness (QED) is 0.178. The molecular weight excluding hydrogens is 659 g/mol. The van der Waals surface area contributed by atoms with E-state index in [1.54, 1.807) is 43.5 Å². The second-order valence-corrected chi connectivity index (χ2v) is 15.1. The van der Waals surface area contributed by atoms with Crippen LogP contribution in [0.25, 0.3) is 11.1 Å². The average molecular weight is 707 g/mol. The largest absolute Gasteiger partial charge is 0.481 e. The van der Waals surface area contributed by atoms with Gasteiger partial charge in [-0.05, 0) is 135 Å². The molecule has 9 nitrogen and oxygen atoms in total. The molecule has 3 N–H and O–H groups in total. The van der Waals surface area contributed by atoms with Crippen molar-refractivity contribution in [1.29, 1.82) is 0 Å². The van der Waals surface area contributed by atoms with Crippen LogP contribution >= 0.6 is 11.6 Å². The summed E-state index contributed by atoms with van der Waals surface area (Å²) in [5.41, 5.74) is 3.00. The number of rotatable bonds is 14. The summed E-state index contributed by atoms with van der Waals surface area (Å²) in [6.07, 6.45) is 4.73. The third kappa shape index (κ3) is 8.82. The minimum absolute atomic E-state index is 0.0200. The highest BCUT2D eigenvalue weighted by molar-refractivity contribution is 6.30. The van der Waals surface area contributed by atoms with Gasteiger partial charge in [0.05, 0.1) is 12.5 Å². The molecule has 50 heavy (non-hydrogen) atoms. The number of carbonyl (C=O) groups is 3. The Bertz CT molecular complexity index is 1790. The molecule has 3 aliphatic rings. The van der Waals surface area contributed by atoms with Gasteiger partial charge >= 0.3 is 5.97 Å². The van der Waals surface area contributed by atoms with Crippen molar-refractivity contribution < 1.29 is 23.9 Å². The molecule has 268 valence electrons. The highest BCUT2D eigenvalue weighted by atomic mass is 35.5. The van der Waals surface area contributed by atoms with Crippen LogP contribution in [-0.4, -0.2) is 58.0 Å². The lowest BCUT2D eigenvalue weighted by Gasteiger charge is -2.47. The van der Waals surface area contributed by atoms with Crippen molar-refractivity contribution in [3.8, 4) is 11.1 Å². The summed E-state index contributed by atoms with van der Waals surface area (Å²) < 4.78 is 17.3. The third-order valence-corrected chi connectivity index (χ3v) is 10.2. The fraction of sp³-hybridized carbons (Fsp3) is 0.487. The number of piperidine rings is 2. The van der Waals surface area contributed by atoms with Gasteiger partial charge in [-0.15, -0.1) is 0 Å². The number of aromatic nitrogens is 1. The number of carboxylic acids is 1. The fourth-order valence-corrected chi connectivity index (χ4v) is 8.02. The first-order valence-corrected chi connectivity index (χ1v) is 17.9. The van der Waals surface area contributed by atoms with Gasteiger partial charge in [-0.2, -0.15) is 0 Å². The normalized spacial score (nSPS) is 18.3. The van der Waals surface area contributed by atoms with Crippen LogP contribution in [0.2, 0.25) is 5.02 Å². The molecule has 1 saturated carbocycles. The lowest BCUT2D eigenvalue weighted by Crippen LogP contribution is -2.49. The Balaban J connectivity index is 1.34. The van der Waals surface area contributed by atoms with E-state index in [2.05, 4.69) is 15.5 Å². The van der Waals surface area contributed by atoms with Crippen LogP contribution in [-0.2, 0) is 16.1 Å². The van der Waals surface area contributed by atoms with Crippen molar-refractivity contribution >= 4 is 29.4 Å². The maximum absolute atomic E-state index is 15.8. The third-order valence-electron chi connectivity index (χ3n) is 9.97. The van der Waals surface area contributed by atoms with E-state index in [-0.39, 0.29) is 29.0 Å². The molecule has 0 spiro atoms. The summed E-state index contributed by atoms with van der Waals surface area (Å²) in [6, 6.07) is 7.60. The zero-order chi connectivity index (χ0) is 36.3. The number of nitrogens with zero attached hydrogens (tertiary/aromatic N) is 2. The predicted molar refractivity (Wildman–Crippen MR) is 193 cm³/mol. The first kappa shape index (κ1) is 37.2. The smallest absolute Gasteiger partial charge is 0.305 e. The van der Waals surface area contributed by atoms with E-state index in [4.69, 9.17) is 11.6 Å². The van der Waals surface area contributed by atoms with Gasteiger partial charge in [0.1, 0.15) is 17.4 Å². The number of carbonyl (C=O) groups excluding carboxylic acids is 2. The van der Waals surface area contributed by atoms with E-state index in [1.165, 1.54) is 23.5 Å². The van der Waals surface area contributed by atoms with Crippen molar-refractivity contribution in [2.45, 2.75) is 85.4 Å². The van der Waals surface area contributed by atoms with Gasteiger partial charge in [0, 0.05) is 36.4 Å². The Morgan fingerprint density at radius 3 is 2.26 bits per heavy atom. The van der Waals surface area contributed by atoms with E-state index >= 15 is 4.39 Å². The first-order valence-electron chi connectivity index (χ1n) is 17.5. The zero-order valence-electron chi connectivity index (χ0n) is 29.5. The molecule has 1 aliphatic carbocycles. The molecular formula is C39H48ClFN4O5. The zero-order valence-corrected chi connectivity index (χ0v) is 30.3. The average Bonchev–Trinajstić information content (AvgIpc) is 3.01. The predicted octanol–water partition coefficient (Wildman–Crippen LogP) is 6.44. The minimum Gasteiger partial charge on any atom is -0.481 e. The number of aliphatic carboxylic acids is 1. The van der Waals surface area contributed by atoms with Crippen molar-refractivity contribution in [1.82, 2.24) is 20.1 Å². The summed E-state index contributed by atoms with van der Waals surface area (Å²) in [6.45, 7) is 12.7. The minimum atomic E-state index is -1.24. The van der Waals surface area contributed by atoms with Gasteiger partial charge in [-0.3, -0.25) is 19.2 Å². The number of nitrogens with one attached hydrogen (secondary N) is 2. The van der Waals surface area contributed by atoms with E-state index in [0.29, 0.717) is 17.1 Å². The number of amides is 2. The standard InChI is InChI=1S/C39H48ClFN4O5/c1-22(2)12-33(43-37(48)30-8-6-10-45(39(30)50)11-7-9-44-20-26-16-27(17-26)21-44)38(49)42-32(19-34(46)47)31-18-28(13-25(5)36(31)41)35-23(3)14-29(40)15-24(35)4/h6,8,10,13-15,18,22,26-27,32-33H,7,9,11-12,16-17,19-21H2,1-5H3,(H,42,49)(H,43,48)(H,46,47)/t26?,27?,32-,33-/m0/s1. The SMILES string of the molecule is Cc1cc(-c2c(C)cc(Cl)cc2C)cc([C@H](CC(=O)O)NC(=O)[C@H](CC(C)C)NC(=O)c2cccn(CCCN3CC4CC(C4)C3)c2=O)c1F. The molecule has 1 aromatic heterocycles. The number of pyridine rings is 1. The Morgan fingerprint density at radius 2 is 1.64 bits per heavy atom. The Morgan fingerprint density at radius 1 is 0.980 bits per heavy atom. The maximum Gasteiger partial charge on any atom is 0.305 e. The van der Waals surface area contributed by atoms with Crippen LogP contribution in [0.5, 0.6) is 0 Å². The van der Waals surface area contributed by atoms with Crippen molar-refractivity contribution in [3.63, 3.8) is 0 Å². The summed E-state index contributed by atoms with van der Waals surface area (Å²) in [5.74, 6) is -1.68. The molecule has 2 atom stereocenters. The highest BCUT2D eigenvalue weighted by Crippen LogP contribution is 2.39. The Labute approximate surface area is 298 Å². The lowest BCUT2D eigenvalue weighted by atomic mass is 9.71. The maximum atomic E-state index is 15.8.